The third-order valence-corrected chi connectivity index (χ3v) is 15.1. The fourth-order valence-corrected chi connectivity index (χ4v) is 11.5. The molecule has 0 aliphatic heterocycles. The van der Waals surface area contributed by atoms with E-state index in [-0.39, 0.29) is 0 Å². The van der Waals surface area contributed by atoms with E-state index in [4.69, 9.17) is 27.7 Å². The van der Waals surface area contributed by atoms with Gasteiger partial charge in [0.25, 0.3) is 0 Å². The Morgan fingerprint density at radius 3 is 1.56 bits per heavy atom. The highest BCUT2D eigenvalue weighted by Crippen LogP contribution is 2.39. The van der Waals surface area contributed by atoms with Gasteiger partial charge < -0.3 is 30.2 Å². The summed E-state index contributed by atoms with van der Waals surface area (Å²) in [6.45, 7) is 2.12. The van der Waals surface area contributed by atoms with Crippen LogP contribution in [0.25, 0.3) is 111 Å². The first-order chi connectivity index (χ1) is 38.9. The predicted octanol–water partition coefficient (Wildman–Crippen LogP) is 14.0. The van der Waals surface area contributed by atoms with Gasteiger partial charge in [0.1, 0.15) is 5.69 Å². The number of hydrazine groups is 2. The molecule has 0 atom stereocenters. The SMILES string of the molecule is Cc1ccc2c(c1)c1ccccc1n2-c1ccccc1N(N)/C=C(\N)c1cc(/C(=C/Nc2ccccc2-n2c3ccccc3c3ccccc32)NN)cc(-c2cn(-c3ccccc3-n3c4ccccc4c4ccccc43)nn2)c1. The van der Waals surface area contributed by atoms with Crippen LogP contribution in [-0.4, -0.2) is 28.7 Å². The summed E-state index contributed by atoms with van der Waals surface area (Å²) in [6.07, 6.45) is 5.60. The van der Waals surface area contributed by atoms with Gasteiger partial charge >= 0.3 is 0 Å². The van der Waals surface area contributed by atoms with E-state index in [9.17, 15) is 0 Å². The lowest BCUT2D eigenvalue weighted by molar-refractivity contribution is 0.798. The van der Waals surface area contributed by atoms with Gasteiger partial charge in [-0.05, 0) is 104 Å². The number of nitrogens with one attached hydrogen (secondary N) is 2. The van der Waals surface area contributed by atoms with Gasteiger partial charge in [-0.1, -0.05) is 144 Å². The van der Waals surface area contributed by atoms with Crippen molar-refractivity contribution in [3.8, 4) is 34.0 Å². The smallest absolute Gasteiger partial charge is 0.113 e. The van der Waals surface area contributed by atoms with Crippen molar-refractivity contribution >= 4 is 88.2 Å². The van der Waals surface area contributed by atoms with Crippen LogP contribution in [0, 0.1) is 6.92 Å². The van der Waals surface area contributed by atoms with E-state index < -0.39 is 0 Å². The van der Waals surface area contributed by atoms with Crippen molar-refractivity contribution in [2.75, 3.05) is 10.3 Å². The number of rotatable bonds is 12. The average Bonchev–Trinajstić information content (AvgIpc) is 4.38. The zero-order valence-corrected chi connectivity index (χ0v) is 43.0. The van der Waals surface area contributed by atoms with E-state index in [0.717, 1.165) is 83.7 Å². The van der Waals surface area contributed by atoms with E-state index >= 15 is 0 Å². The molecule has 79 heavy (non-hydrogen) atoms. The zero-order valence-electron chi connectivity index (χ0n) is 43.0. The fourth-order valence-electron chi connectivity index (χ4n) is 11.5. The number of hydrogen-bond donors (Lipinski definition) is 5. The Kier molecular flexibility index (Phi) is 11.4. The molecule has 0 radical (unpaired) electrons. The number of aromatic nitrogens is 6. The second kappa shape index (κ2) is 19.2. The van der Waals surface area contributed by atoms with Crippen LogP contribution in [0.4, 0.5) is 11.4 Å². The molecule has 14 aromatic rings. The molecule has 0 aliphatic rings. The molecular formula is C67H52N12. The average molecular weight is 1030 g/mol. The van der Waals surface area contributed by atoms with Crippen molar-refractivity contribution < 1.29 is 0 Å². The zero-order chi connectivity index (χ0) is 53.1. The van der Waals surface area contributed by atoms with Crippen LogP contribution in [0.15, 0.2) is 249 Å². The van der Waals surface area contributed by atoms with Crippen LogP contribution in [0.3, 0.4) is 0 Å². The predicted molar refractivity (Wildman–Crippen MR) is 325 cm³/mol. The molecule has 8 N–H and O–H groups in total. The monoisotopic (exact) mass is 1020 g/mol. The number of aryl methyl sites for hydroxylation is 1. The summed E-state index contributed by atoms with van der Waals surface area (Å²) < 4.78 is 8.68. The summed E-state index contributed by atoms with van der Waals surface area (Å²) in [4.78, 5) is 0. The Balaban J connectivity index is 0.887. The lowest BCUT2D eigenvalue weighted by Gasteiger charge is -2.21. The van der Waals surface area contributed by atoms with Gasteiger partial charge in [-0.15, -0.1) is 5.10 Å². The third kappa shape index (κ3) is 7.94. The van der Waals surface area contributed by atoms with Crippen LogP contribution in [0.1, 0.15) is 16.7 Å². The number of nitrogens with zero attached hydrogens (tertiary/aromatic N) is 7. The lowest BCUT2D eigenvalue weighted by Crippen LogP contribution is -2.27. The second-order valence-corrected chi connectivity index (χ2v) is 19.8. The number of nitrogens with two attached hydrogens (primary N) is 3. The van der Waals surface area contributed by atoms with E-state index in [1.165, 1.54) is 32.5 Å². The first-order valence-corrected chi connectivity index (χ1v) is 26.2. The van der Waals surface area contributed by atoms with Gasteiger partial charge in [-0.3, -0.25) is 10.9 Å². The molecule has 12 heteroatoms. The highest BCUT2D eigenvalue weighted by molar-refractivity contribution is 6.12. The minimum absolute atomic E-state index is 0.406. The lowest BCUT2D eigenvalue weighted by atomic mass is 10.0. The first kappa shape index (κ1) is 46.8. The molecule has 0 saturated carbocycles. The molecule has 0 fully saturated rings. The van der Waals surface area contributed by atoms with Gasteiger partial charge in [0.15, 0.2) is 0 Å². The Morgan fingerprint density at radius 1 is 0.481 bits per heavy atom. The molecular weight excluding hydrogens is 973 g/mol. The largest absolute Gasteiger partial charge is 0.397 e. The second-order valence-electron chi connectivity index (χ2n) is 19.8. The first-order valence-electron chi connectivity index (χ1n) is 26.2. The maximum atomic E-state index is 7.25. The van der Waals surface area contributed by atoms with Crippen LogP contribution < -0.4 is 33.2 Å². The fraction of sp³-hybridized carbons (Fsp3) is 0.0149. The summed E-state index contributed by atoms with van der Waals surface area (Å²) in [5, 5.41) is 21.9. The maximum Gasteiger partial charge on any atom is 0.113 e. The molecule has 0 spiro atoms. The normalized spacial score (nSPS) is 12.2. The van der Waals surface area contributed by atoms with Crippen LogP contribution >= 0.6 is 0 Å². The highest BCUT2D eigenvalue weighted by atomic mass is 15.4. The van der Waals surface area contributed by atoms with Crippen molar-refractivity contribution in [2.45, 2.75) is 6.92 Å². The van der Waals surface area contributed by atoms with Gasteiger partial charge in [0.05, 0.1) is 84.8 Å². The Hall–Kier alpha value is -10.7. The number of hydrogen-bond acceptors (Lipinski definition) is 8. The number of fused-ring (bicyclic) bond motifs is 9. The minimum atomic E-state index is 0.406. The number of anilines is 2. The van der Waals surface area contributed by atoms with Crippen molar-refractivity contribution in [2.24, 2.45) is 17.4 Å². The van der Waals surface area contributed by atoms with Crippen molar-refractivity contribution in [3.63, 3.8) is 0 Å². The number of para-hydroxylation sites is 11. The summed E-state index contributed by atoms with van der Waals surface area (Å²) in [6, 6.07) is 79.6. The Morgan fingerprint density at radius 2 is 0.949 bits per heavy atom. The van der Waals surface area contributed by atoms with Crippen molar-refractivity contribution in [1.29, 1.82) is 0 Å². The topological polar surface area (TPSA) is 151 Å². The van der Waals surface area contributed by atoms with Gasteiger partial charge in [0, 0.05) is 61.4 Å². The molecule has 0 unspecified atom stereocenters. The maximum absolute atomic E-state index is 7.25. The van der Waals surface area contributed by atoms with E-state index in [1.807, 2.05) is 65.6 Å². The summed E-state index contributed by atoms with van der Waals surface area (Å²) in [5.41, 5.74) is 27.1. The molecule has 12 nitrogen and oxygen atoms in total. The standard InChI is InChI=1S/C67H52N12/c1-43-34-35-62-52(36-43)51-22-6-12-28-61(51)79(62)66-32-16-14-30-64(66)75(70)41-53(68)44-37-45(55(72-69)40-71-54-23-7-13-29-63(54)77-57-24-8-2-18-47(57)48-19-3-9-25-58(48)77)39-46(38-44)56-42-76(74-73-56)65-31-15-17-33-67(65)78-59-26-10-4-20-49(59)50-21-5-11-27-60(50)78/h2-42,71-72H,68-70H2,1H3/b53-41-,55-40-. The van der Waals surface area contributed by atoms with Gasteiger partial charge in [0.2, 0.25) is 0 Å². The Bertz CT molecular complexity index is 4650. The van der Waals surface area contributed by atoms with Crippen molar-refractivity contribution in [3.05, 3.63) is 266 Å². The molecule has 380 valence electrons. The van der Waals surface area contributed by atoms with E-state index in [2.05, 4.69) is 213 Å². The third-order valence-electron chi connectivity index (χ3n) is 15.1. The van der Waals surface area contributed by atoms with Crippen LogP contribution in [0.2, 0.25) is 0 Å². The molecule has 14 rings (SSSR count). The Labute approximate surface area is 454 Å². The summed E-state index contributed by atoms with van der Waals surface area (Å²) in [5.74, 6) is 13.7. The van der Waals surface area contributed by atoms with Gasteiger partial charge in [-0.25, -0.2) is 10.5 Å². The summed E-state index contributed by atoms with van der Waals surface area (Å²) >= 11 is 0. The van der Waals surface area contributed by atoms with E-state index in [0.29, 0.717) is 22.7 Å². The highest BCUT2D eigenvalue weighted by Gasteiger charge is 2.21. The molecule has 10 aromatic carbocycles. The van der Waals surface area contributed by atoms with Gasteiger partial charge in [-0.2, -0.15) is 0 Å². The molecule has 4 heterocycles. The molecule has 0 saturated heterocycles. The molecule has 4 aromatic heterocycles. The quantitative estimate of drug-likeness (QED) is 0.0599. The molecule has 0 amide bonds. The molecule has 0 aliphatic carbocycles. The van der Waals surface area contributed by atoms with Crippen molar-refractivity contribution in [1.82, 2.24) is 34.1 Å². The van der Waals surface area contributed by atoms with Crippen LogP contribution in [-0.2, 0) is 0 Å². The van der Waals surface area contributed by atoms with Crippen LogP contribution in [0.5, 0.6) is 0 Å². The number of benzene rings is 10. The van der Waals surface area contributed by atoms with E-state index in [1.54, 1.807) is 11.2 Å². The molecule has 0 bridgehead atoms. The minimum Gasteiger partial charge on any atom is -0.397 e. The summed E-state index contributed by atoms with van der Waals surface area (Å²) in [7, 11) is 0.